The van der Waals surface area contributed by atoms with Crippen molar-refractivity contribution in [1.82, 2.24) is 4.90 Å². The molecule has 1 amide bonds. The van der Waals surface area contributed by atoms with Crippen molar-refractivity contribution in [1.29, 1.82) is 0 Å². The van der Waals surface area contributed by atoms with E-state index in [1.807, 2.05) is 30.3 Å². The molecule has 4 unspecified atom stereocenters. The number of amides is 1. The molecular weight excluding hydrogens is 374 g/mol. The van der Waals surface area contributed by atoms with Crippen molar-refractivity contribution in [2.24, 2.45) is 23.2 Å². The number of ether oxygens (including phenoxy) is 3. The zero-order valence-corrected chi connectivity index (χ0v) is 16.8. The van der Waals surface area contributed by atoms with Crippen LogP contribution in [-0.2, 0) is 25.6 Å². The first-order valence-electron chi connectivity index (χ1n) is 10.4. The number of aliphatic carboxylic acids is 1. The Kier molecular flexibility index (Phi) is 5.79. The first-order chi connectivity index (χ1) is 14.0. The van der Waals surface area contributed by atoms with Gasteiger partial charge in [-0.25, -0.2) is 4.79 Å². The van der Waals surface area contributed by atoms with Crippen LogP contribution in [0.4, 0.5) is 4.79 Å². The molecule has 3 aliphatic rings. The van der Waals surface area contributed by atoms with E-state index in [2.05, 4.69) is 6.92 Å². The molecule has 29 heavy (non-hydrogen) atoms. The van der Waals surface area contributed by atoms with Gasteiger partial charge in [0.2, 0.25) is 0 Å². The average Bonchev–Trinajstić information content (AvgIpc) is 3.35. The van der Waals surface area contributed by atoms with E-state index in [0.717, 1.165) is 18.4 Å². The van der Waals surface area contributed by atoms with Crippen molar-refractivity contribution >= 4 is 12.1 Å². The quantitative estimate of drug-likeness (QED) is 0.786. The van der Waals surface area contributed by atoms with Gasteiger partial charge in [-0.15, -0.1) is 0 Å². The molecule has 2 heterocycles. The predicted octanol–water partition coefficient (Wildman–Crippen LogP) is 2.79. The van der Waals surface area contributed by atoms with Gasteiger partial charge in [-0.3, -0.25) is 4.79 Å². The summed E-state index contributed by atoms with van der Waals surface area (Å²) in [5.41, 5.74) is 0.605. The van der Waals surface area contributed by atoms with Crippen molar-refractivity contribution < 1.29 is 28.9 Å². The van der Waals surface area contributed by atoms with E-state index in [1.54, 1.807) is 4.90 Å². The largest absolute Gasteiger partial charge is 0.481 e. The summed E-state index contributed by atoms with van der Waals surface area (Å²) in [6, 6.07) is 9.48. The molecule has 2 saturated heterocycles. The van der Waals surface area contributed by atoms with Crippen molar-refractivity contribution in [2.75, 3.05) is 32.9 Å². The van der Waals surface area contributed by atoms with E-state index in [-0.39, 0.29) is 36.5 Å². The van der Waals surface area contributed by atoms with Crippen LogP contribution in [0, 0.1) is 23.2 Å². The van der Waals surface area contributed by atoms with Crippen molar-refractivity contribution in [3.8, 4) is 0 Å². The fraction of sp³-hybridized carbons (Fsp3) is 0.636. The van der Waals surface area contributed by atoms with Gasteiger partial charge in [-0.2, -0.15) is 0 Å². The fourth-order valence-electron chi connectivity index (χ4n) is 5.08. The molecule has 3 fully saturated rings. The minimum absolute atomic E-state index is 0.0398. The van der Waals surface area contributed by atoms with Crippen LogP contribution in [0.25, 0.3) is 0 Å². The van der Waals surface area contributed by atoms with Gasteiger partial charge in [-0.05, 0) is 30.2 Å². The molecular formula is C22H29NO6. The van der Waals surface area contributed by atoms with E-state index in [4.69, 9.17) is 14.2 Å². The summed E-state index contributed by atoms with van der Waals surface area (Å²) in [5.74, 6) is -1.19. The molecule has 2 aliphatic heterocycles. The topological polar surface area (TPSA) is 85.3 Å². The van der Waals surface area contributed by atoms with E-state index >= 15 is 0 Å². The van der Waals surface area contributed by atoms with Crippen molar-refractivity contribution in [3.63, 3.8) is 0 Å². The second-order valence-corrected chi connectivity index (χ2v) is 8.54. The summed E-state index contributed by atoms with van der Waals surface area (Å²) in [7, 11) is 0. The standard InChI is InChI=1S/C22H29NO6/c1-15-19-18(20(24)25)11-23(21(26)28-12-16-5-3-2-4-6-16)13-22(15,19)14-29-17-7-9-27-10-8-17/h2-6,15,17-19H,7-14H2,1H3,(H,24,25). The maximum Gasteiger partial charge on any atom is 0.410 e. The van der Waals surface area contributed by atoms with E-state index in [0.29, 0.717) is 26.4 Å². The minimum atomic E-state index is -0.852. The van der Waals surface area contributed by atoms with Gasteiger partial charge in [0.15, 0.2) is 0 Å². The highest BCUT2D eigenvalue weighted by Crippen LogP contribution is 2.65. The van der Waals surface area contributed by atoms with Gasteiger partial charge in [0.05, 0.1) is 18.6 Å². The zero-order valence-electron chi connectivity index (χ0n) is 16.8. The summed E-state index contributed by atoms with van der Waals surface area (Å²) >= 11 is 0. The van der Waals surface area contributed by atoms with E-state index < -0.39 is 18.0 Å². The normalized spacial score (nSPS) is 31.8. The van der Waals surface area contributed by atoms with Crippen LogP contribution in [0.5, 0.6) is 0 Å². The third-order valence-corrected chi connectivity index (χ3v) is 6.87. The number of carboxylic acid groups (broad SMARTS) is 1. The number of carboxylic acids is 1. The molecule has 1 aromatic rings. The average molecular weight is 403 g/mol. The number of hydrogen-bond donors (Lipinski definition) is 1. The fourth-order valence-corrected chi connectivity index (χ4v) is 5.08. The van der Waals surface area contributed by atoms with Gasteiger partial charge < -0.3 is 24.2 Å². The summed E-state index contributed by atoms with van der Waals surface area (Å²) in [5, 5.41) is 9.76. The Balaban J connectivity index is 1.41. The number of piperidine rings is 1. The number of benzene rings is 1. The number of carbonyl (C=O) groups is 2. The lowest BCUT2D eigenvalue weighted by atomic mass is 9.90. The van der Waals surface area contributed by atoms with E-state index in [9.17, 15) is 14.7 Å². The Labute approximate surface area is 170 Å². The van der Waals surface area contributed by atoms with Gasteiger partial charge in [-0.1, -0.05) is 37.3 Å². The first-order valence-corrected chi connectivity index (χ1v) is 10.4. The molecule has 0 aromatic heterocycles. The van der Waals surface area contributed by atoms with Crippen molar-refractivity contribution in [2.45, 2.75) is 32.5 Å². The number of rotatable bonds is 6. The summed E-state index contributed by atoms with van der Waals surface area (Å²) < 4.78 is 17.0. The van der Waals surface area contributed by atoms with Crippen LogP contribution in [-0.4, -0.2) is 61.1 Å². The Bertz CT molecular complexity index is 734. The van der Waals surface area contributed by atoms with E-state index in [1.165, 1.54) is 0 Å². The highest BCUT2D eigenvalue weighted by molar-refractivity contribution is 5.75. The van der Waals surface area contributed by atoms with Gasteiger partial charge in [0.1, 0.15) is 6.61 Å². The highest BCUT2D eigenvalue weighted by atomic mass is 16.6. The first kappa shape index (κ1) is 20.2. The molecule has 0 spiro atoms. The Morgan fingerprint density at radius 1 is 1.24 bits per heavy atom. The second kappa shape index (κ2) is 8.32. The third kappa shape index (κ3) is 4.12. The zero-order chi connectivity index (χ0) is 20.4. The molecule has 0 bridgehead atoms. The molecule has 1 saturated carbocycles. The molecule has 7 nitrogen and oxygen atoms in total. The van der Waals surface area contributed by atoms with Crippen LogP contribution in [0.1, 0.15) is 25.3 Å². The van der Waals surface area contributed by atoms with Crippen LogP contribution >= 0.6 is 0 Å². The lowest BCUT2D eigenvalue weighted by molar-refractivity contribution is -0.145. The predicted molar refractivity (Wildman–Crippen MR) is 104 cm³/mol. The Morgan fingerprint density at radius 3 is 2.66 bits per heavy atom. The van der Waals surface area contributed by atoms with Gasteiger partial charge >= 0.3 is 12.1 Å². The Hall–Kier alpha value is -2.12. The van der Waals surface area contributed by atoms with Crippen LogP contribution < -0.4 is 0 Å². The van der Waals surface area contributed by atoms with Gasteiger partial charge in [0, 0.05) is 31.7 Å². The molecule has 0 radical (unpaired) electrons. The van der Waals surface area contributed by atoms with Crippen LogP contribution in [0.2, 0.25) is 0 Å². The molecule has 158 valence electrons. The lowest BCUT2D eigenvalue weighted by Gasteiger charge is -2.36. The minimum Gasteiger partial charge on any atom is -0.481 e. The smallest absolute Gasteiger partial charge is 0.410 e. The number of nitrogens with zero attached hydrogens (tertiary/aromatic N) is 1. The molecule has 1 N–H and O–H groups in total. The summed E-state index contributed by atoms with van der Waals surface area (Å²) in [6.45, 7) is 4.82. The SMILES string of the molecule is CC1C2C(C(=O)O)CN(C(=O)OCc3ccccc3)CC12COC1CCOCC1. The molecule has 1 aromatic carbocycles. The number of fused-ring (bicyclic) bond motifs is 1. The number of likely N-dealkylation sites (tertiary alicyclic amines) is 1. The van der Waals surface area contributed by atoms with Gasteiger partial charge in [0.25, 0.3) is 0 Å². The molecule has 4 rings (SSSR count). The molecule has 1 aliphatic carbocycles. The Morgan fingerprint density at radius 2 is 1.97 bits per heavy atom. The second-order valence-electron chi connectivity index (χ2n) is 8.54. The third-order valence-electron chi connectivity index (χ3n) is 6.87. The maximum absolute atomic E-state index is 12.7. The highest BCUT2D eigenvalue weighted by Gasteiger charge is 2.69. The van der Waals surface area contributed by atoms with Crippen molar-refractivity contribution in [3.05, 3.63) is 35.9 Å². The monoisotopic (exact) mass is 403 g/mol. The molecule has 7 heteroatoms. The van der Waals surface area contributed by atoms with Crippen LogP contribution in [0.3, 0.4) is 0 Å². The van der Waals surface area contributed by atoms with Crippen LogP contribution in [0.15, 0.2) is 30.3 Å². The number of carbonyl (C=O) groups excluding carboxylic acids is 1. The number of hydrogen-bond acceptors (Lipinski definition) is 5. The summed E-state index contributed by atoms with van der Waals surface area (Å²) in [6.07, 6.45) is 1.42. The maximum atomic E-state index is 12.7. The molecule has 4 atom stereocenters. The lowest BCUT2D eigenvalue weighted by Crippen LogP contribution is -2.49. The summed E-state index contributed by atoms with van der Waals surface area (Å²) in [4.78, 5) is 26.2.